The number of halogens is 1. The van der Waals surface area contributed by atoms with E-state index in [1.807, 2.05) is 6.92 Å². The van der Waals surface area contributed by atoms with E-state index < -0.39 is 10.0 Å². The van der Waals surface area contributed by atoms with Crippen LogP contribution in [0.2, 0.25) is 0 Å². The van der Waals surface area contributed by atoms with E-state index in [0.717, 1.165) is 12.1 Å². The van der Waals surface area contributed by atoms with Gasteiger partial charge in [-0.25, -0.2) is 22.1 Å². The zero-order valence-electron chi connectivity index (χ0n) is 15.5. The fraction of sp³-hybridized carbons (Fsp3) is 0.588. The van der Waals surface area contributed by atoms with Crippen molar-refractivity contribution in [3.05, 3.63) is 35.1 Å². The maximum atomic E-state index is 13.3. The summed E-state index contributed by atoms with van der Waals surface area (Å²) in [5.74, 6) is 0.548. The lowest BCUT2D eigenvalue weighted by Crippen LogP contribution is -2.39. The highest BCUT2D eigenvalue weighted by atomic mass is 32.2. The van der Waals surface area contributed by atoms with Gasteiger partial charge in [0.15, 0.2) is 5.96 Å². The number of hydrogen-bond acceptors (Lipinski definition) is 3. The predicted molar refractivity (Wildman–Crippen MR) is 101 cm³/mol. The molecule has 0 heterocycles. The molecule has 1 rings (SSSR count). The van der Waals surface area contributed by atoms with Gasteiger partial charge in [-0.05, 0) is 44.4 Å². The predicted octanol–water partition coefficient (Wildman–Crippen LogP) is 1.86. The highest BCUT2D eigenvalue weighted by Gasteiger charge is 2.13. The molecule has 0 saturated carbocycles. The summed E-state index contributed by atoms with van der Waals surface area (Å²) >= 11 is 0. The quantitative estimate of drug-likeness (QED) is 0.394. The van der Waals surface area contributed by atoms with E-state index in [9.17, 15) is 12.8 Å². The number of aryl methyl sites for hydroxylation is 1. The van der Waals surface area contributed by atoms with Crippen LogP contribution >= 0.6 is 0 Å². The average Bonchev–Trinajstić information content (AvgIpc) is 2.58. The average molecular weight is 373 g/mol. The van der Waals surface area contributed by atoms with Crippen molar-refractivity contribution in [2.24, 2.45) is 4.99 Å². The molecule has 0 aromatic heterocycles. The van der Waals surface area contributed by atoms with E-state index >= 15 is 0 Å². The van der Waals surface area contributed by atoms with E-state index in [-0.39, 0.29) is 11.6 Å². The smallest absolute Gasteiger partial charge is 0.213 e. The normalized spacial score (nSPS) is 12.5. The van der Waals surface area contributed by atoms with E-state index in [1.54, 1.807) is 33.0 Å². The molecule has 6 nitrogen and oxygen atoms in total. The summed E-state index contributed by atoms with van der Waals surface area (Å²) in [6, 6.07) is 4.96. The number of rotatable bonds is 9. The number of nitrogens with zero attached hydrogens (tertiary/aromatic N) is 2. The van der Waals surface area contributed by atoms with Crippen molar-refractivity contribution >= 4 is 16.0 Å². The van der Waals surface area contributed by atoms with E-state index in [4.69, 9.17) is 0 Å². The van der Waals surface area contributed by atoms with Crippen molar-refractivity contribution < 1.29 is 12.8 Å². The second-order valence-electron chi connectivity index (χ2n) is 5.78. The molecule has 0 aliphatic heterocycles. The Morgan fingerprint density at radius 3 is 2.60 bits per heavy atom. The van der Waals surface area contributed by atoms with Gasteiger partial charge in [0.25, 0.3) is 0 Å². The van der Waals surface area contributed by atoms with Crippen LogP contribution in [0, 0.1) is 12.7 Å². The third kappa shape index (κ3) is 7.39. The molecule has 0 atom stereocenters. The Morgan fingerprint density at radius 1 is 1.28 bits per heavy atom. The molecule has 0 fully saturated rings. The van der Waals surface area contributed by atoms with Gasteiger partial charge in [0, 0.05) is 26.7 Å². The first-order valence-electron chi connectivity index (χ1n) is 8.51. The Balaban J connectivity index is 2.52. The summed E-state index contributed by atoms with van der Waals surface area (Å²) in [5, 5.41) is 6.33. The molecule has 0 saturated heterocycles. The van der Waals surface area contributed by atoms with Crippen LogP contribution in [0.1, 0.15) is 31.4 Å². The first kappa shape index (κ1) is 21.4. The zero-order valence-corrected chi connectivity index (χ0v) is 16.3. The second kappa shape index (κ2) is 10.4. The molecule has 25 heavy (non-hydrogen) atoms. The summed E-state index contributed by atoms with van der Waals surface area (Å²) in [6.07, 6.45) is 0.676. The SMILES string of the molecule is CCNC(=NCc1ccc(F)c(C)c1)NCCCN(C)S(=O)(=O)CC. The van der Waals surface area contributed by atoms with Crippen molar-refractivity contribution in [1.29, 1.82) is 0 Å². The van der Waals surface area contributed by atoms with Crippen molar-refractivity contribution in [3.8, 4) is 0 Å². The highest BCUT2D eigenvalue weighted by molar-refractivity contribution is 7.89. The summed E-state index contributed by atoms with van der Waals surface area (Å²) in [5.41, 5.74) is 1.54. The standard InChI is InChI=1S/C17H29FN4O2S/c1-5-19-17(20-10-7-11-22(4)25(23,24)6-2)21-13-15-8-9-16(18)14(3)12-15/h8-9,12H,5-7,10-11,13H2,1-4H3,(H2,19,20,21). The van der Waals surface area contributed by atoms with Crippen LogP contribution in [0.4, 0.5) is 4.39 Å². The molecule has 0 bridgehead atoms. The zero-order chi connectivity index (χ0) is 18.9. The van der Waals surface area contributed by atoms with Gasteiger partial charge >= 0.3 is 0 Å². The van der Waals surface area contributed by atoms with Gasteiger partial charge in [-0.2, -0.15) is 0 Å². The highest BCUT2D eigenvalue weighted by Crippen LogP contribution is 2.10. The van der Waals surface area contributed by atoms with Gasteiger partial charge in [-0.3, -0.25) is 0 Å². The molecule has 142 valence electrons. The Bertz CT molecular complexity index is 677. The van der Waals surface area contributed by atoms with Gasteiger partial charge in [-0.1, -0.05) is 12.1 Å². The number of sulfonamides is 1. The molecule has 2 N–H and O–H groups in total. The lowest BCUT2D eigenvalue weighted by molar-refractivity contribution is 0.461. The Labute approximate surface area is 150 Å². The van der Waals surface area contributed by atoms with Crippen LogP contribution < -0.4 is 10.6 Å². The molecular weight excluding hydrogens is 343 g/mol. The molecule has 0 spiro atoms. The first-order valence-corrected chi connectivity index (χ1v) is 10.1. The maximum absolute atomic E-state index is 13.3. The molecule has 8 heteroatoms. The van der Waals surface area contributed by atoms with Gasteiger partial charge in [0.2, 0.25) is 10.0 Å². The minimum absolute atomic E-state index is 0.109. The topological polar surface area (TPSA) is 73.8 Å². The van der Waals surface area contributed by atoms with Crippen molar-refractivity contribution in [2.45, 2.75) is 33.7 Å². The van der Waals surface area contributed by atoms with Crippen LogP contribution in [0.5, 0.6) is 0 Å². The number of nitrogens with one attached hydrogen (secondary N) is 2. The van der Waals surface area contributed by atoms with Crippen molar-refractivity contribution in [2.75, 3.05) is 32.4 Å². The van der Waals surface area contributed by atoms with Crippen LogP contribution in [-0.4, -0.2) is 51.1 Å². The summed E-state index contributed by atoms with van der Waals surface area (Å²) in [6.45, 7) is 7.57. The van der Waals surface area contributed by atoms with Crippen LogP contribution in [0.25, 0.3) is 0 Å². The van der Waals surface area contributed by atoms with Gasteiger partial charge in [-0.15, -0.1) is 0 Å². The number of guanidine groups is 1. The molecule has 1 aromatic carbocycles. The monoisotopic (exact) mass is 372 g/mol. The van der Waals surface area contributed by atoms with E-state index in [1.165, 1.54) is 10.4 Å². The minimum Gasteiger partial charge on any atom is -0.357 e. The summed E-state index contributed by atoms with van der Waals surface area (Å²) < 4.78 is 38.0. The number of hydrogen-bond donors (Lipinski definition) is 2. The minimum atomic E-state index is -3.13. The fourth-order valence-electron chi connectivity index (χ4n) is 2.19. The third-order valence-corrected chi connectivity index (χ3v) is 5.63. The Morgan fingerprint density at radius 2 is 2.00 bits per heavy atom. The fourth-order valence-corrected chi connectivity index (χ4v) is 3.03. The molecule has 0 aliphatic carbocycles. The molecular formula is C17H29FN4O2S. The maximum Gasteiger partial charge on any atom is 0.213 e. The second-order valence-corrected chi connectivity index (χ2v) is 8.15. The van der Waals surface area contributed by atoms with Gasteiger partial charge < -0.3 is 10.6 Å². The third-order valence-electron chi connectivity index (χ3n) is 3.77. The Hall–Kier alpha value is -1.67. The molecule has 1 aromatic rings. The van der Waals surface area contributed by atoms with Crippen LogP contribution in [0.15, 0.2) is 23.2 Å². The molecule has 0 amide bonds. The lowest BCUT2D eigenvalue weighted by atomic mass is 10.1. The number of benzene rings is 1. The van der Waals surface area contributed by atoms with Crippen molar-refractivity contribution in [1.82, 2.24) is 14.9 Å². The summed E-state index contributed by atoms with van der Waals surface area (Å²) in [4.78, 5) is 4.48. The molecule has 0 radical (unpaired) electrons. The van der Waals surface area contributed by atoms with E-state index in [0.29, 0.717) is 37.6 Å². The molecule has 0 aliphatic rings. The first-order chi connectivity index (χ1) is 11.8. The van der Waals surface area contributed by atoms with Crippen LogP contribution in [0.3, 0.4) is 0 Å². The number of aliphatic imine (C=N–C) groups is 1. The Kier molecular flexibility index (Phi) is 8.85. The lowest BCUT2D eigenvalue weighted by Gasteiger charge is -2.16. The largest absolute Gasteiger partial charge is 0.357 e. The van der Waals surface area contributed by atoms with Gasteiger partial charge in [0.1, 0.15) is 5.82 Å². The van der Waals surface area contributed by atoms with Gasteiger partial charge in [0.05, 0.1) is 12.3 Å². The molecule has 0 unspecified atom stereocenters. The van der Waals surface area contributed by atoms with Crippen LogP contribution in [-0.2, 0) is 16.6 Å². The summed E-state index contributed by atoms with van der Waals surface area (Å²) in [7, 11) is -1.54. The van der Waals surface area contributed by atoms with E-state index in [2.05, 4.69) is 15.6 Å². The van der Waals surface area contributed by atoms with Crippen molar-refractivity contribution in [3.63, 3.8) is 0 Å².